The van der Waals surface area contributed by atoms with Crippen molar-refractivity contribution in [1.82, 2.24) is 0 Å². The molecule has 1 amide bonds. The molecule has 2 aliphatic rings. The Hall–Kier alpha value is -3.07. The zero-order valence-corrected chi connectivity index (χ0v) is 12.4. The summed E-state index contributed by atoms with van der Waals surface area (Å²) in [7, 11) is 0. The topological polar surface area (TPSA) is 32.3 Å². The molecule has 0 aliphatic carbocycles. The lowest BCUT2D eigenvalue weighted by Gasteiger charge is -2.34. The number of fused-ring (bicyclic) bond motifs is 5. The summed E-state index contributed by atoms with van der Waals surface area (Å²) in [5.41, 5.74) is 4.09. The van der Waals surface area contributed by atoms with E-state index in [1.807, 2.05) is 71.6 Å². The molecule has 3 aromatic rings. The van der Waals surface area contributed by atoms with Gasteiger partial charge in [-0.05, 0) is 18.2 Å². The van der Waals surface area contributed by atoms with Crippen LogP contribution < -0.4 is 10.2 Å². The fourth-order valence-electron chi connectivity index (χ4n) is 3.80. The Labute approximate surface area is 134 Å². The Morgan fingerprint density at radius 3 is 2.35 bits per heavy atom. The van der Waals surface area contributed by atoms with Crippen molar-refractivity contribution in [3.8, 4) is 0 Å². The molecule has 1 atom stereocenters. The molecule has 3 aromatic carbocycles. The van der Waals surface area contributed by atoms with Gasteiger partial charge in [0.1, 0.15) is 0 Å². The molecule has 0 saturated carbocycles. The highest BCUT2D eigenvalue weighted by molar-refractivity contribution is 6.16. The van der Waals surface area contributed by atoms with E-state index < -0.39 is 5.66 Å². The molecule has 23 heavy (non-hydrogen) atoms. The summed E-state index contributed by atoms with van der Waals surface area (Å²) in [6, 6.07) is 26.0. The van der Waals surface area contributed by atoms with Crippen molar-refractivity contribution in [3.05, 3.63) is 95.6 Å². The first-order valence-electron chi connectivity index (χ1n) is 7.69. The van der Waals surface area contributed by atoms with E-state index in [2.05, 4.69) is 17.4 Å². The summed E-state index contributed by atoms with van der Waals surface area (Å²) < 4.78 is 0. The van der Waals surface area contributed by atoms with Crippen molar-refractivity contribution in [2.75, 3.05) is 10.2 Å². The predicted molar refractivity (Wildman–Crippen MR) is 90.5 cm³/mol. The third-order valence-corrected chi connectivity index (χ3v) is 4.74. The molecule has 0 bridgehead atoms. The number of anilines is 2. The number of benzene rings is 3. The van der Waals surface area contributed by atoms with Crippen molar-refractivity contribution in [1.29, 1.82) is 0 Å². The van der Waals surface area contributed by atoms with Crippen LogP contribution in [0.3, 0.4) is 0 Å². The Morgan fingerprint density at radius 2 is 1.48 bits per heavy atom. The number of amides is 1. The van der Waals surface area contributed by atoms with Gasteiger partial charge in [-0.1, -0.05) is 60.7 Å². The zero-order valence-electron chi connectivity index (χ0n) is 12.4. The van der Waals surface area contributed by atoms with E-state index in [9.17, 15) is 4.79 Å². The van der Waals surface area contributed by atoms with Crippen LogP contribution in [0.1, 0.15) is 21.5 Å². The van der Waals surface area contributed by atoms with Gasteiger partial charge in [0.15, 0.2) is 5.66 Å². The van der Waals surface area contributed by atoms with E-state index in [-0.39, 0.29) is 5.91 Å². The fraction of sp³-hybridized carbons (Fsp3) is 0.0500. The van der Waals surface area contributed by atoms with Crippen LogP contribution in [0.15, 0.2) is 78.9 Å². The lowest BCUT2D eigenvalue weighted by molar-refractivity contribution is 0.0988. The van der Waals surface area contributed by atoms with Gasteiger partial charge < -0.3 is 5.32 Å². The summed E-state index contributed by atoms with van der Waals surface area (Å²) >= 11 is 0. The minimum absolute atomic E-state index is 0.0434. The molecule has 2 aliphatic heterocycles. The van der Waals surface area contributed by atoms with Gasteiger partial charge in [0.25, 0.3) is 5.91 Å². The Morgan fingerprint density at radius 1 is 0.783 bits per heavy atom. The molecule has 0 saturated heterocycles. The van der Waals surface area contributed by atoms with Gasteiger partial charge in [-0.25, -0.2) is 0 Å². The molecule has 5 rings (SSSR count). The van der Waals surface area contributed by atoms with Crippen molar-refractivity contribution in [2.24, 2.45) is 0 Å². The molecule has 3 heteroatoms. The van der Waals surface area contributed by atoms with E-state index in [1.165, 1.54) is 0 Å². The maximum Gasteiger partial charge on any atom is 0.261 e. The van der Waals surface area contributed by atoms with Crippen molar-refractivity contribution < 1.29 is 4.79 Å². The number of carbonyl (C=O) groups is 1. The fourth-order valence-corrected chi connectivity index (χ4v) is 3.80. The predicted octanol–water partition coefficient (Wildman–Crippen LogP) is 3.97. The number of nitrogens with one attached hydrogen (secondary N) is 1. The van der Waals surface area contributed by atoms with Crippen LogP contribution in [-0.2, 0) is 5.66 Å². The van der Waals surface area contributed by atoms with Crippen LogP contribution in [0.5, 0.6) is 0 Å². The molecule has 3 nitrogen and oxygen atoms in total. The maximum atomic E-state index is 13.1. The van der Waals surface area contributed by atoms with Crippen molar-refractivity contribution >= 4 is 17.3 Å². The standard InChI is InChI=1S/C20H14N2O/c23-19-15-10-4-5-11-16(15)20(14-8-2-1-3-9-14)21-17-12-6-7-13-18(17)22(19)20/h1-13,21H/t20-/m0/s1. The van der Waals surface area contributed by atoms with Crippen LogP contribution in [0, 0.1) is 0 Å². The molecule has 0 radical (unpaired) electrons. The number of carbonyl (C=O) groups excluding carboxylic acids is 1. The first-order valence-corrected chi connectivity index (χ1v) is 7.69. The van der Waals surface area contributed by atoms with E-state index in [1.54, 1.807) is 0 Å². The van der Waals surface area contributed by atoms with Crippen molar-refractivity contribution in [2.45, 2.75) is 5.66 Å². The lowest BCUT2D eigenvalue weighted by Crippen LogP contribution is -2.46. The summed E-state index contributed by atoms with van der Waals surface area (Å²) in [4.78, 5) is 15.0. The number of rotatable bonds is 1. The van der Waals surface area contributed by atoms with Gasteiger partial charge in [-0.15, -0.1) is 0 Å². The second-order valence-electron chi connectivity index (χ2n) is 5.90. The summed E-state index contributed by atoms with van der Waals surface area (Å²) in [5, 5.41) is 3.62. The lowest BCUT2D eigenvalue weighted by atomic mass is 9.91. The van der Waals surface area contributed by atoms with Crippen LogP contribution in [0.2, 0.25) is 0 Å². The smallest absolute Gasteiger partial charge is 0.261 e. The second kappa shape index (κ2) is 4.23. The van der Waals surface area contributed by atoms with Gasteiger partial charge in [0.05, 0.1) is 11.4 Å². The number of nitrogens with zero attached hydrogens (tertiary/aromatic N) is 1. The van der Waals surface area contributed by atoms with Crippen molar-refractivity contribution in [3.63, 3.8) is 0 Å². The number of hydrogen-bond acceptors (Lipinski definition) is 2. The van der Waals surface area contributed by atoms with E-state index in [0.29, 0.717) is 0 Å². The average molecular weight is 298 g/mol. The third kappa shape index (κ3) is 1.41. The average Bonchev–Trinajstić information content (AvgIpc) is 3.09. The largest absolute Gasteiger partial charge is 0.353 e. The van der Waals surface area contributed by atoms with E-state index in [4.69, 9.17) is 0 Å². The molecule has 0 spiro atoms. The molecule has 0 fully saturated rings. The Balaban J connectivity index is 1.87. The molecule has 1 N–H and O–H groups in total. The van der Waals surface area contributed by atoms with Crippen LogP contribution in [0.4, 0.5) is 11.4 Å². The molecule has 110 valence electrons. The van der Waals surface area contributed by atoms with Gasteiger partial charge in [0.2, 0.25) is 0 Å². The minimum Gasteiger partial charge on any atom is -0.353 e. The number of hydrogen-bond donors (Lipinski definition) is 1. The maximum absolute atomic E-state index is 13.1. The normalized spacial score (nSPS) is 20.7. The highest BCUT2D eigenvalue weighted by atomic mass is 16.2. The van der Waals surface area contributed by atoms with Gasteiger partial charge in [0, 0.05) is 16.7 Å². The summed E-state index contributed by atoms with van der Waals surface area (Å²) in [5.74, 6) is 0.0434. The Kier molecular flexibility index (Phi) is 2.29. The summed E-state index contributed by atoms with van der Waals surface area (Å²) in [6.45, 7) is 0. The molecule has 0 aromatic heterocycles. The third-order valence-electron chi connectivity index (χ3n) is 4.74. The SMILES string of the molecule is O=C1c2ccccc2[C@@]2(c3ccccc3)Nc3ccccc3N12. The summed E-state index contributed by atoms with van der Waals surface area (Å²) in [6.07, 6.45) is 0. The quantitative estimate of drug-likeness (QED) is 0.737. The van der Waals surface area contributed by atoms with E-state index in [0.717, 1.165) is 28.1 Å². The number of para-hydroxylation sites is 2. The highest BCUT2D eigenvalue weighted by Gasteiger charge is 2.55. The molecular formula is C20H14N2O. The first kappa shape index (κ1) is 12.5. The minimum atomic E-state index is -0.654. The monoisotopic (exact) mass is 298 g/mol. The molecule has 2 heterocycles. The highest BCUT2D eigenvalue weighted by Crippen LogP contribution is 2.53. The second-order valence-corrected chi connectivity index (χ2v) is 5.90. The van der Waals surface area contributed by atoms with Crippen LogP contribution in [-0.4, -0.2) is 5.91 Å². The van der Waals surface area contributed by atoms with Gasteiger partial charge in [-0.2, -0.15) is 0 Å². The zero-order chi connectivity index (χ0) is 15.4. The molecular weight excluding hydrogens is 284 g/mol. The van der Waals surface area contributed by atoms with E-state index >= 15 is 0 Å². The Bertz CT molecular complexity index is 935. The van der Waals surface area contributed by atoms with Gasteiger partial charge >= 0.3 is 0 Å². The molecule has 0 unspecified atom stereocenters. The van der Waals surface area contributed by atoms with Gasteiger partial charge in [-0.3, -0.25) is 9.69 Å². The first-order chi connectivity index (χ1) is 11.3. The van der Waals surface area contributed by atoms with Crippen LogP contribution >= 0.6 is 0 Å². The van der Waals surface area contributed by atoms with Crippen LogP contribution in [0.25, 0.3) is 0 Å².